The summed E-state index contributed by atoms with van der Waals surface area (Å²) in [5.74, 6) is -0.465. The summed E-state index contributed by atoms with van der Waals surface area (Å²) < 4.78 is 7.57. The highest BCUT2D eigenvalue weighted by molar-refractivity contribution is 8.00. The van der Waals surface area contributed by atoms with Crippen molar-refractivity contribution < 1.29 is 19.4 Å². The van der Waals surface area contributed by atoms with E-state index in [-0.39, 0.29) is 39.7 Å². The molecule has 9 heteroatoms. The molecular weight excluding hydrogens is 394 g/mol. The first-order chi connectivity index (χ1) is 13.7. The largest absolute Gasteiger partial charge is 0.478 e. The maximum absolute atomic E-state index is 12.9. The van der Waals surface area contributed by atoms with Crippen LogP contribution in [0.15, 0.2) is 29.1 Å². The highest BCUT2D eigenvalue weighted by Gasteiger charge is 2.36. The third-order valence-electron chi connectivity index (χ3n) is 5.36. The van der Waals surface area contributed by atoms with Crippen molar-refractivity contribution in [3.8, 4) is 0 Å². The minimum atomic E-state index is -1.01. The number of aromatic carboxylic acids is 1. The van der Waals surface area contributed by atoms with E-state index >= 15 is 0 Å². The highest BCUT2D eigenvalue weighted by Crippen LogP contribution is 2.42. The van der Waals surface area contributed by atoms with Crippen LogP contribution in [0.1, 0.15) is 59.5 Å². The molecule has 0 bridgehead atoms. The molecule has 2 unspecified atom stereocenters. The molecule has 0 saturated carbocycles. The van der Waals surface area contributed by atoms with E-state index in [9.17, 15) is 14.4 Å². The SMILES string of the molecule is CC1(C)CC(n2[nH]c(=O)c3c2NC(=O)CSC3c2ccc(C(=O)O)cc2)CCO1. The van der Waals surface area contributed by atoms with E-state index in [1.165, 1.54) is 23.9 Å². The minimum Gasteiger partial charge on any atom is -0.478 e. The van der Waals surface area contributed by atoms with Gasteiger partial charge in [-0.2, -0.15) is 0 Å². The summed E-state index contributed by atoms with van der Waals surface area (Å²) in [5.41, 5.74) is 0.900. The Morgan fingerprint density at radius 3 is 2.66 bits per heavy atom. The number of anilines is 1. The third kappa shape index (κ3) is 3.84. The summed E-state index contributed by atoms with van der Waals surface area (Å²) in [6, 6.07) is 6.45. The molecule has 3 heterocycles. The van der Waals surface area contributed by atoms with E-state index in [1.54, 1.807) is 16.8 Å². The number of ether oxygens (including phenoxy) is 1. The second kappa shape index (κ2) is 7.38. The number of hydrogen-bond acceptors (Lipinski definition) is 5. The molecule has 4 rings (SSSR count). The van der Waals surface area contributed by atoms with Crippen LogP contribution in [-0.2, 0) is 9.53 Å². The van der Waals surface area contributed by atoms with E-state index in [0.717, 1.165) is 12.0 Å². The Morgan fingerprint density at radius 2 is 2.00 bits per heavy atom. The van der Waals surface area contributed by atoms with Gasteiger partial charge < -0.3 is 15.2 Å². The lowest BCUT2D eigenvalue weighted by Gasteiger charge is -2.36. The van der Waals surface area contributed by atoms with Crippen molar-refractivity contribution in [3.63, 3.8) is 0 Å². The smallest absolute Gasteiger partial charge is 0.335 e. The monoisotopic (exact) mass is 417 g/mol. The highest BCUT2D eigenvalue weighted by atomic mass is 32.2. The Labute approximate surface area is 171 Å². The Hall–Kier alpha value is -2.52. The number of fused-ring (bicyclic) bond motifs is 1. The number of carbonyl (C=O) groups is 2. The topological polar surface area (TPSA) is 113 Å². The van der Waals surface area contributed by atoms with Gasteiger partial charge in [0, 0.05) is 6.61 Å². The molecule has 2 aliphatic rings. The Morgan fingerprint density at radius 1 is 1.28 bits per heavy atom. The number of nitrogens with zero attached hydrogens (tertiary/aromatic N) is 1. The number of aromatic amines is 1. The number of nitrogens with one attached hydrogen (secondary N) is 2. The second-order valence-corrected chi connectivity index (χ2v) is 9.09. The number of hydrogen-bond donors (Lipinski definition) is 3. The Kier molecular flexibility index (Phi) is 5.04. The predicted octanol–water partition coefficient (Wildman–Crippen LogP) is 2.78. The van der Waals surface area contributed by atoms with Crippen LogP contribution in [0.4, 0.5) is 5.82 Å². The third-order valence-corrected chi connectivity index (χ3v) is 6.63. The van der Waals surface area contributed by atoms with Gasteiger partial charge in [0.15, 0.2) is 0 Å². The van der Waals surface area contributed by atoms with Crippen molar-refractivity contribution in [2.45, 2.75) is 43.6 Å². The molecule has 0 radical (unpaired) electrons. The van der Waals surface area contributed by atoms with Crippen LogP contribution in [0.25, 0.3) is 0 Å². The number of benzene rings is 1. The van der Waals surface area contributed by atoms with Crippen molar-refractivity contribution in [2.24, 2.45) is 0 Å². The van der Waals surface area contributed by atoms with Crippen molar-refractivity contribution in [3.05, 3.63) is 51.3 Å². The first-order valence-electron chi connectivity index (χ1n) is 9.48. The molecule has 1 fully saturated rings. The van der Waals surface area contributed by atoms with E-state index in [0.29, 0.717) is 24.4 Å². The number of amides is 1. The van der Waals surface area contributed by atoms with Crippen LogP contribution >= 0.6 is 11.8 Å². The maximum Gasteiger partial charge on any atom is 0.335 e. The number of carboxylic acid groups (broad SMARTS) is 1. The van der Waals surface area contributed by atoms with Gasteiger partial charge in [-0.15, -0.1) is 11.8 Å². The molecule has 3 N–H and O–H groups in total. The first kappa shape index (κ1) is 19.8. The fourth-order valence-electron chi connectivity index (χ4n) is 4.00. The molecule has 1 saturated heterocycles. The van der Waals surface area contributed by atoms with Crippen molar-refractivity contribution >= 4 is 29.5 Å². The van der Waals surface area contributed by atoms with Gasteiger partial charge in [0.2, 0.25) is 5.91 Å². The fourth-order valence-corrected chi connectivity index (χ4v) is 5.13. The van der Waals surface area contributed by atoms with Gasteiger partial charge in [-0.3, -0.25) is 19.4 Å². The zero-order valence-corrected chi connectivity index (χ0v) is 17.0. The molecule has 29 heavy (non-hydrogen) atoms. The minimum absolute atomic E-state index is 0.00800. The van der Waals surface area contributed by atoms with Gasteiger partial charge in [0.25, 0.3) is 5.56 Å². The first-order valence-corrected chi connectivity index (χ1v) is 10.5. The number of H-pyrrole nitrogens is 1. The number of carbonyl (C=O) groups excluding carboxylic acids is 1. The maximum atomic E-state index is 12.9. The van der Waals surface area contributed by atoms with Crippen LogP contribution < -0.4 is 10.9 Å². The fraction of sp³-hybridized carbons (Fsp3) is 0.450. The standard InChI is InChI=1S/C20H23N3O5S/c1-20(2)9-13(7-8-28-20)23-17-15(18(25)22-23)16(29-10-14(24)21-17)11-3-5-12(6-4-11)19(26)27/h3-6,13,16H,7-10H2,1-2H3,(H,21,24)(H,22,25)(H,26,27). The summed E-state index contributed by atoms with van der Waals surface area (Å²) in [6.07, 6.45) is 1.45. The molecule has 0 spiro atoms. The second-order valence-electron chi connectivity index (χ2n) is 7.99. The summed E-state index contributed by atoms with van der Waals surface area (Å²) in [4.78, 5) is 36.5. The molecule has 0 aliphatic carbocycles. The zero-order valence-electron chi connectivity index (χ0n) is 16.2. The molecular formula is C20H23N3O5S. The molecule has 154 valence electrons. The lowest BCUT2D eigenvalue weighted by Crippen LogP contribution is -2.36. The molecule has 2 aromatic rings. The summed E-state index contributed by atoms with van der Waals surface area (Å²) >= 11 is 1.36. The zero-order chi connectivity index (χ0) is 20.8. The molecule has 2 atom stereocenters. The molecule has 1 aromatic carbocycles. The van der Waals surface area contributed by atoms with E-state index in [1.807, 2.05) is 13.8 Å². The number of carboxylic acids is 1. The Balaban J connectivity index is 1.77. The predicted molar refractivity (Wildman–Crippen MR) is 110 cm³/mol. The average molecular weight is 417 g/mol. The van der Waals surface area contributed by atoms with Gasteiger partial charge >= 0.3 is 5.97 Å². The van der Waals surface area contributed by atoms with Crippen LogP contribution in [0, 0.1) is 0 Å². The molecule has 1 amide bonds. The van der Waals surface area contributed by atoms with Crippen molar-refractivity contribution in [1.82, 2.24) is 9.78 Å². The lowest BCUT2D eigenvalue weighted by molar-refractivity contribution is -0.113. The lowest BCUT2D eigenvalue weighted by atomic mass is 9.94. The molecule has 2 aliphatic heterocycles. The van der Waals surface area contributed by atoms with Gasteiger partial charge in [0.05, 0.1) is 33.8 Å². The quantitative estimate of drug-likeness (QED) is 0.708. The van der Waals surface area contributed by atoms with Crippen LogP contribution in [-0.4, -0.2) is 44.7 Å². The van der Waals surface area contributed by atoms with Crippen LogP contribution in [0.5, 0.6) is 0 Å². The van der Waals surface area contributed by atoms with Crippen LogP contribution in [0.2, 0.25) is 0 Å². The van der Waals surface area contributed by atoms with Gasteiger partial charge in [-0.1, -0.05) is 12.1 Å². The normalized spacial score (nSPS) is 23.7. The summed E-state index contributed by atoms with van der Waals surface area (Å²) in [5, 5.41) is 14.6. The van der Waals surface area contributed by atoms with Gasteiger partial charge in [0.1, 0.15) is 5.82 Å². The summed E-state index contributed by atoms with van der Waals surface area (Å²) in [6.45, 7) is 4.61. The number of thioether (sulfide) groups is 1. The van der Waals surface area contributed by atoms with E-state index in [2.05, 4.69) is 10.4 Å². The van der Waals surface area contributed by atoms with Gasteiger partial charge in [-0.05, 0) is 44.4 Å². The Bertz CT molecular complexity index is 1010. The van der Waals surface area contributed by atoms with Crippen LogP contribution in [0.3, 0.4) is 0 Å². The van der Waals surface area contributed by atoms with Crippen molar-refractivity contribution in [1.29, 1.82) is 0 Å². The van der Waals surface area contributed by atoms with E-state index in [4.69, 9.17) is 9.84 Å². The molecule has 1 aromatic heterocycles. The summed E-state index contributed by atoms with van der Waals surface area (Å²) in [7, 11) is 0. The number of rotatable bonds is 3. The van der Waals surface area contributed by atoms with Gasteiger partial charge in [-0.25, -0.2) is 4.79 Å². The average Bonchev–Trinajstić information content (AvgIpc) is 2.87. The van der Waals surface area contributed by atoms with E-state index < -0.39 is 5.97 Å². The van der Waals surface area contributed by atoms with Crippen molar-refractivity contribution in [2.75, 3.05) is 17.7 Å². The number of aromatic nitrogens is 2. The molecule has 8 nitrogen and oxygen atoms in total.